The maximum Gasteiger partial charge on any atom is 0.407 e. The summed E-state index contributed by atoms with van der Waals surface area (Å²) >= 11 is 0. The summed E-state index contributed by atoms with van der Waals surface area (Å²) in [6.45, 7) is 8.11. The van der Waals surface area contributed by atoms with Crippen LogP contribution in [0.4, 0.5) is 10.5 Å². The molecule has 2 heterocycles. The van der Waals surface area contributed by atoms with Crippen LogP contribution in [0.1, 0.15) is 44.5 Å². The molecule has 2 aromatic rings. The number of benzene rings is 1. The Morgan fingerprint density at radius 2 is 2.10 bits per heavy atom. The van der Waals surface area contributed by atoms with Gasteiger partial charge < -0.3 is 15.0 Å². The third-order valence-corrected chi connectivity index (χ3v) is 4.94. The van der Waals surface area contributed by atoms with Gasteiger partial charge >= 0.3 is 6.09 Å². The molecule has 3 rings (SSSR count). The molecule has 1 N–H and O–H groups in total. The fourth-order valence-electron chi connectivity index (χ4n) is 3.61. The van der Waals surface area contributed by atoms with Gasteiger partial charge in [0, 0.05) is 30.8 Å². The van der Waals surface area contributed by atoms with Crippen molar-refractivity contribution in [2.75, 3.05) is 13.1 Å². The molecule has 0 bridgehead atoms. The predicted octanol–water partition coefficient (Wildman–Crippen LogP) is 2.55. The van der Waals surface area contributed by atoms with Crippen molar-refractivity contribution in [3.8, 4) is 5.69 Å². The molecule has 11 nitrogen and oxygen atoms in total. The van der Waals surface area contributed by atoms with Crippen molar-refractivity contribution in [2.45, 2.75) is 45.8 Å². The van der Waals surface area contributed by atoms with Gasteiger partial charge in [0.25, 0.3) is 11.6 Å². The van der Waals surface area contributed by atoms with Crippen LogP contribution in [-0.4, -0.2) is 61.3 Å². The molecule has 0 spiro atoms. The maximum atomic E-state index is 13.1. The van der Waals surface area contributed by atoms with E-state index in [2.05, 4.69) is 15.4 Å². The molecular weight excluding hydrogens is 404 g/mol. The number of aromatic nitrogens is 3. The lowest BCUT2D eigenvalue weighted by molar-refractivity contribution is -0.384. The number of nitrogens with one attached hydrogen (secondary N) is 1. The van der Waals surface area contributed by atoms with Crippen molar-refractivity contribution in [3.63, 3.8) is 0 Å². The van der Waals surface area contributed by atoms with Crippen LogP contribution in [0.25, 0.3) is 5.69 Å². The van der Waals surface area contributed by atoms with Crippen LogP contribution in [0.2, 0.25) is 0 Å². The number of nitro benzene ring substituents is 1. The van der Waals surface area contributed by atoms with E-state index >= 15 is 0 Å². The number of hydrogen-bond acceptors (Lipinski definition) is 7. The molecule has 1 fully saturated rings. The molecule has 0 unspecified atom stereocenters. The smallest absolute Gasteiger partial charge is 0.407 e. The van der Waals surface area contributed by atoms with Crippen LogP contribution in [0.5, 0.6) is 0 Å². The number of ether oxygens (including phenoxy) is 1. The van der Waals surface area contributed by atoms with Gasteiger partial charge in [0.2, 0.25) is 0 Å². The number of carbonyl (C=O) groups excluding carboxylic acids is 2. The summed E-state index contributed by atoms with van der Waals surface area (Å²) in [4.78, 5) is 41.4. The Bertz CT molecular complexity index is 969. The van der Waals surface area contributed by atoms with Crippen LogP contribution in [0, 0.1) is 16.0 Å². The SMILES string of the molecule is C[C@@H]1C[C@@H](CNC(=O)OC(C)(C)C)CN1C(=O)c1ccc(-n2cncn2)c([N+](=O)[O-])c1. The summed E-state index contributed by atoms with van der Waals surface area (Å²) in [6, 6.07) is 4.23. The monoisotopic (exact) mass is 430 g/mol. The molecule has 0 radical (unpaired) electrons. The highest BCUT2D eigenvalue weighted by atomic mass is 16.6. The lowest BCUT2D eigenvalue weighted by Gasteiger charge is -2.22. The summed E-state index contributed by atoms with van der Waals surface area (Å²) in [7, 11) is 0. The Hall–Kier alpha value is -3.50. The molecule has 2 atom stereocenters. The number of rotatable bonds is 5. The van der Waals surface area contributed by atoms with Crippen molar-refractivity contribution in [1.82, 2.24) is 25.0 Å². The first-order valence-corrected chi connectivity index (χ1v) is 9.96. The van der Waals surface area contributed by atoms with E-state index in [1.165, 1.54) is 29.5 Å². The van der Waals surface area contributed by atoms with Crippen molar-refractivity contribution >= 4 is 17.7 Å². The van der Waals surface area contributed by atoms with Crippen molar-refractivity contribution < 1.29 is 19.2 Å². The molecule has 1 aliphatic heterocycles. The number of nitrogens with zero attached hydrogens (tertiary/aromatic N) is 5. The van der Waals surface area contributed by atoms with Crippen LogP contribution < -0.4 is 5.32 Å². The second-order valence-corrected chi connectivity index (χ2v) is 8.59. The van der Waals surface area contributed by atoms with Gasteiger partial charge in [0.1, 0.15) is 23.9 Å². The van der Waals surface area contributed by atoms with Crippen molar-refractivity contribution in [1.29, 1.82) is 0 Å². The standard InChI is InChI=1S/C20H26N6O5/c1-13-7-14(9-22-19(28)31-20(2,3)4)10-24(13)18(27)15-5-6-16(17(8-15)26(29)30)25-12-21-11-23-25/h5-6,8,11-14H,7,9-10H2,1-4H3,(H,22,28)/t13-,14+/m1/s1. The number of alkyl carbamates (subject to hydrolysis) is 1. The molecule has 31 heavy (non-hydrogen) atoms. The molecule has 1 aromatic heterocycles. The average molecular weight is 430 g/mol. The van der Waals surface area contributed by atoms with Gasteiger partial charge in [-0.05, 0) is 52.2 Å². The molecule has 0 saturated carbocycles. The van der Waals surface area contributed by atoms with E-state index < -0.39 is 16.6 Å². The van der Waals surface area contributed by atoms with E-state index in [1.54, 1.807) is 31.7 Å². The molecule has 11 heteroatoms. The van der Waals surface area contributed by atoms with Crippen LogP contribution in [0.3, 0.4) is 0 Å². The Morgan fingerprint density at radius 3 is 2.71 bits per heavy atom. The summed E-state index contributed by atoms with van der Waals surface area (Å²) in [5.74, 6) is -0.226. The number of likely N-dealkylation sites (tertiary alicyclic amines) is 1. The first-order valence-electron chi connectivity index (χ1n) is 9.96. The summed E-state index contributed by atoms with van der Waals surface area (Å²) < 4.78 is 6.52. The molecule has 166 valence electrons. The molecule has 2 amide bonds. The average Bonchev–Trinajstić information content (AvgIpc) is 3.34. The fraction of sp³-hybridized carbons (Fsp3) is 0.500. The predicted molar refractivity (Wildman–Crippen MR) is 111 cm³/mol. The number of carbonyl (C=O) groups is 2. The van der Waals surface area contributed by atoms with Crippen LogP contribution >= 0.6 is 0 Å². The highest BCUT2D eigenvalue weighted by Crippen LogP contribution is 2.28. The zero-order valence-corrected chi connectivity index (χ0v) is 17.9. The lowest BCUT2D eigenvalue weighted by atomic mass is 10.1. The van der Waals surface area contributed by atoms with Gasteiger partial charge in [-0.15, -0.1) is 0 Å². The molecular formula is C20H26N6O5. The minimum atomic E-state index is -0.581. The molecule has 1 saturated heterocycles. The van der Waals surface area contributed by atoms with Gasteiger partial charge in [0.15, 0.2) is 0 Å². The quantitative estimate of drug-likeness (QED) is 0.569. The summed E-state index contributed by atoms with van der Waals surface area (Å²) in [5, 5.41) is 18.2. The Balaban J connectivity index is 1.69. The zero-order valence-electron chi connectivity index (χ0n) is 17.9. The summed E-state index contributed by atoms with van der Waals surface area (Å²) in [6.07, 6.45) is 2.85. The van der Waals surface area contributed by atoms with E-state index in [4.69, 9.17) is 4.74 Å². The van der Waals surface area contributed by atoms with E-state index in [1.807, 2.05) is 6.92 Å². The van der Waals surface area contributed by atoms with Gasteiger partial charge in [-0.1, -0.05) is 0 Å². The third-order valence-electron chi connectivity index (χ3n) is 4.94. The second kappa shape index (κ2) is 8.70. The second-order valence-electron chi connectivity index (χ2n) is 8.59. The third kappa shape index (κ3) is 5.36. The Labute approximate surface area is 179 Å². The van der Waals surface area contributed by atoms with Gasteiger partial charge in [-0.25, -0.2) is 14.5 Å². The first-order chi connectivity index (χ1) is 14.5. The fourth-order valence-corrected chi connectivity index (χ4v) is 3.61. The maximum absolute atomic E-state index is 13.1. The Kier molecular flexibility index (Phi) is 6.23. The molecule has 0 aliphatic carbocycles. The van der Waals surface area contributed by atoms with E-state index in [-0.39, 0.29) is 34.8 Å². The van der Waals surface area contributed by atoms with Crippen molar-refractivity contribution in [3.05, 3.63) is 46.5 Å². The first kappa shape index (κ1) is 22.2. The largest absolute Gasteiger partial charge is 0.444 e. The van der Waals surface area contributed by atoms with E-state index in [0.717, 1.165) is 0 Å². The highest BCUT2D eigenvalue weighted by molar-refractivity contribution is 5.95. The molecule has 1 aromatic carbocycles. The zero-order chi connectivity index (χ0) is 22.8. The lowest BCUT2D eigenvalue weighted by Crippen LogP contribution is -2.37. The van der Waals surface area contributed by atoms with Gasteiger partial charge in [-0.2, -0.15) is 5.10 Å². The summed E-state index contributed by atoms with van der Waals surface area (Å²) in [5.41, 5.74) is -0.357. The number of hydrogen-bond donors (Lipinski definition) is 1. The minimum Gasteiger partial charge on any atom is -0.444 e. The number of nitro groups is 1. The normalized spacial score (nSPS) is 18.6. The van der Waals surface area contributed by atoms with Crippen molar-refractivity contribution in [2.24, 2.45) is 5.92 Å². The van der Waals surface area contributed by atoms with Gasteiger partial charge in [0.05, 0.1) is 4.92 Å². The number of amides is 2. The Morgan fingerprint density at radius 1 is 1.35 bits per heavy atom. The topological polar surface area (TPSA) is 132 Å². The van der Waals surface area contributed by atoms with Crippen LogP contribution in [-0.2, 0) is 4.74 Å². The van der Waals surface area contributed by atoms with Crippen LogP contribution in [0.15, 0.2) is 30.9 Å². The van der Waals surface area contributed by atoms with E-state index in [9.17, 15) is 19.7 Å². The minimum absolute atomic E-state index is 0.0630. The van der Waals surface area contributed by atoms with Gasteiger partial charge in [-0.3, -0.25) is 14.9 Å². The highest BCUT2D eigenvalue weighted by Gasteiger charge is 2.34. The van der Waals surface area contributed by atoms with E-state index in [0.29, 0.717) is 19.5 Å². The molecule has 1 aliphatic rings.